The molecule has 1 amide bonds. The van der Waals surface area contributed by atoms with Crippen LogP contribution in [0.3, 0.4) is 0 Å². The summed E-state index contributed by atoms with van der Waals surface area (Å²) in [7, 11) is 1.63. The number of hydrogen-bond acceptors (Lipinski definition) is 3. The van der Waals surface area contributed by atoms with Crippen molar-refractivity contribution in [2.75, 3.05) is 20.2 Å². The molecule has 6 heteroatoms. The molecule has 0 bridgehead atoms. The Morgan fingerprint density at radius 2 is 2.37 bits per heavy atom. The van der Waals surface area contributed by atoms with Crippen molar-refractivity contribution < 1.29 is 13.9 Å². The highest BCUT2D eigenvalue weighted by molar-refractivity contribution is 6.32. The number of nitrogens with zero attached hydrogens (tertiary/aromatic N) is 2. The van der Waals surface area contributed by atoms with Gasteiger partial charge in [0.25, 0.3) is 5.91 Å². The van der Waals surface area contributed by atoms with Gasteiger partial charge in [-0.1, -0.05) is 11.6 Å². The molecule has 104 valence electrons. The number of amides is 1. The molecule has 1 aromatic rings. The Kier molecular flexibility index (Phi) is 4.06. The zero-order chi connectivity index (χ0) is 14.0. The molecule has 1 atom stereocenters. The third kappa shape index (κ3) is 3.04. The van der Waals surface area contributed by atoms with Gasteiger partial charge in [-0.2, -0.15) is 0 Å². The first-order valence-corrected chi connectivity index (χ1v) is 6.48. The van der Waals surface area contributed by atoms with E-state index in [9.17, 15) is 9.18 Å². The summed E-state index contributed by atoms with van der Waals surface area (Å²) in [5, 5.41) is 0.0242. The molecule has 1 fully saturated rings. The zero-order valence-electron chi connectivity index (χ0n) is 10.9. The van der Waals surface area contributed by atoms with Gasteiger partial charge in [0.1, 0.15) is 11.0 Å². The minimum Gasteiger partial charge on any atom is -0.377 e. The Morgan fingerprint density at radius 3 is 3.05 bits per heavy atom. The molecule has 0 aromatic carbocycles. The highest BCUT2D eigenvalue weighted by Gasteiger charge is 2.34. The summed E-state index contributed by atoms with van der Waals surface area (Å²) in [5.74, 6) is -0.876. The summed E-state index contributed by atoms with van der Waals surface area (Å²) in [4.78, 5) is 17.7. The average molecular weight is 287 g/mol. The van der Waals surface area contributed by atoms with Crippen LogP contribution in [0.25, 0.3) is 0 Å². The topological polar surface area (TPSA) is 42.4 Å². The minimum absolute atomic E-state index is 0.0242. The number of ether oxygens (including phenoxy) is 1. The Balaban J connectivity index is 2.22. The molecule has 1 aliphatic rings. The third-order valence-electron chi connectivity index (χ3n) is 3.48. The number of hydrogen-bond donors (Lipinski definition) is 0. The maximum atomic E-state index is 13.2. The van der Waals surface area contributed by atoms with Gasteiger partial charge in [-0.15, -0.1) is 0 Å². The van der Waals surface area contributed by atoms with E-state index in [0.717, 1.165) is 25.1 Å². The first-order valence-electron chi connectivity index (χ1n) is 6.11. The van der Waals surface area contributed by atoms with Gasteiger partial charge in [0, 0.05) is 20.2 Å². The predicted octanol–water partition coefficient (Wildman–Crippen LogP) is 2.52. The number of pyridine rings is 1. The Labute approximate surface area is 116 Å². The number of rotatable bonds is 2. The van der Waals surface area contributed by atoms with Gasteiger partial charge in [0.2, 0.25) is 0 Å². The van der Waals surface area contributed by atoms with E-state index in [-0.39, 0.29) is 22.2 Å². The van der Waals surface area contributed by atoms with Crippen molar-refractivity contribution in [2.45, 2.75) is 25.4 Å². The Bertz CT molecular complexity index is 498. The second kappa shape index (κ2) is 5.43. The smallest absolute Gasteiger partial charge is 0.257 e. The summed E-state index contributed by atoms with van der Waals surface area (Å²) in [5.41, 5.74) is -0.261. The molecule has 0 aliphatic carbocycles. The number of likely N-dealkylation sites (tertiary alicyclic amines) is 1. The second-order valence-corrected chi connectivity index (χ2v) is 5.33. The molecule has 0 radical (unpaired) electrons. The fraction of sp³-hybridized carbons (Fsp3) is 0.538. The number of methoxy groups -OCH3 is 1. The van der Waals surface area contributed by atoms with E-state index in [1.165, 1.54) is 0 Å². The molecule has 2 heterocycles. The zero-order valence-corrected chi connectivity index (χ0v) is 11.7. The Morgan fingerprint density at radius 1 is 1.63 bits per heavy atom. The summed E-state index contributed by atoms with van der Waals surface area (Å²) in [6, 6.07) is 1.12. The van der Waals surface area contributed by atoms with E-state index in [1.54, 1.807) is 12.0 Å². The first-order chi connectivity index (χ1) is 8.95. The van der Waals surface area contributed by atoms with Crippen molar-refractivity contribution in [1.29, 1.82) is 0 Å². The lowest BCUT2D eigenvalue weighted by Crippen LogP contribution is -2.49. The minimum atomic E-state index is -0.570. The van der Waals surface area contributed by atoms with Crippen LogP contribution in [-0.4, -0.2) is 41.6 Å². The lowest BCUT2D eigenvalue weighted by molar-refractivity contribution is -0.0440. The van der Waals surface area contributed by atoms with E-state index in [4.69, 9.17) is 16.3 Å². The van der Waals surface area contributed by atoms with Crippen LogP contribution in [0.15, 0.2) is 12.3 Å². The molecule has 0 spiro atoms. The van der Waals surface area contributed by atoms with Crippen molar-refractivity contribution in [3.05, 3.63) is 28.8 Å². The first kappa shape index (κ1) is 14.2. The van der Waals surface area contributed by atoms with Crippen LogP contribution in [0, 0.1) is 5.82 Å². The molecule has 0 saturated carbocycles. The van der Waals surface area contributed by atoms with Gasteiger partial charge in [0.05, 0.1) is 17.4 Å². The van der Waals surface area contributed by atoms with Crippen molar-refractivity contribution >= 4 is 17.5 Å². The summed E-state index contributed by atoms with van der Waals surface area (Å²) in [6.45, 7) is 3.04. The van der Waals surface area contributed by atoms with Crippen LogP contribution >= 0.6 is 11.6 Å². The van der Waals surface area contributed by atoms with Gasteiger partial charge in [-0.25, -0.2) is 9.37 Å². The third-order valence-corrected chi connectivity index (χ3v) is 3.78. The standard InChI is InChI=1S/C13H16ClFN2O2/c1-13(19-2)4-3-5-17(8-13)12(18)10-6-9(15)7-16-11(10)14/h6-7H,3-5,8H2,1-2H3. The summed E-state index contributed by atoms with van der Waals surface area (Å²) >= 11 is 5.86. The van der Waals surface area contributed by atoms with Gasteiger partial charge in [-0.05, 0) is 25.8 Å². The van der Waals surface area contributed by atoms with E-state index in [1.807, 2.05) is 6.92 Å². The molecule has 1 saturated heterocycles. The van der Waals surface area contributed by atoms with Crippen molar-refractivity contribution in [2.24, 2.45) is 0 Å². The van der Waals surface area contributed by atoms with Crippen LogP contribution in [0.2, 0.25) is 5.15 Å². The van der Waals surface area contributed by atoms with E-state index in [2.05, 4.69) is 4.98 Å². The van der Waals surface area contributed by atoms with Gasteiger partial charge >= 0.3 is 0 Å². The van der Waals surface area contributed by atoms with Crippen LogP contribution in [0.5, 0.6) is 0 Å². The van der Waals surface area contributed by atoms with E-state index < -0.39 is 5.82 Å². The molecular weight excluding hydrogens is 271 g/mol. The van der Waals surface area contributed by atoms with Gasteiger partial charge in [0.15, 0.2) is 0 Å². The van der Waals surface area contributed by atoms with E-state index in [0.29, 0.717) is 13.1 Å². The van der Waals surface area contributed by atoms with Crippen LogP contribution in [0.4, 0.5) is 4.39 Å². The molecule has 2 rings (SSSR count). The van der Waals surface area contributed by atoms with Gasteiger partial charge < -0.3 is 9.64 Å². The molecule has 19 heavy (non-hydrogen) atoms. The normalized spacial score (nSPS) is 23.5. The number of carbonyl (C=O) groups excluding carboxylic acids is 1. The quantitative estimate of drug-likeness (QED) is 0.785. The highest BCUT2D eigenvalue weighted by atomic mass is 35.5. The van der Waals surface area contributed by atoms with Gasteiger partial charge in [-0.3, -0.25) is 4.79 Å². The molecule has 1 aliphatic heterocycles. The predicted molar refractivity (Wildman–Crippen MR) is 69.8 cm³/mol. The molecular formula is C13H16ClFN2O2. The second-order valence-electron chi connectivity index (χ2n) is 4.98. The largest absolute Gasteiger partial charge is 0.377 e. The molecule has 4 nitrogen and oxygen atoms in total. The van der Waals surface area contributed by atoms with Crippen molar-refractivity contribution in [1.82, 2.24) is 9.88 Å². The monoisotopic (exact) mass is 286 g/mol. The molecule has 1 aromatic heterocycles. The maximum Gasteiger partial charge on any atom is 0.257 e. The number of carbonyl (C=O) groups is 1. The fourth-order valence-corrected chi connectivity index (χ4v) is 2.47. The lowest BCUT2D eigenvalue weighted by atomic mass is 9.94. The Hall–Kier alpha value is -1.20. The van der Waals surface area contributed by atoms with Crippen molar-refractivity contribution in [3.8, 4) is 0 Å². The summed E-state index contributed by atoms with van der Waals surface area (Å²) in [6.07, 6.45) is 2.73. The molecule has 0 N–H and O–H groups in total. The molecule has 1 unspecified atom stereocenters. The summed E-state index contributed by atoms with van der Waals surface area (Å²) < 4.78 is 18.6. The number of aromatic nitrogens is 1. The highest BCUT2D eigenvalue weighted by Crippen LogP contribution is 2.26. The number of piperidine rings is 1. The average Bonchev–Trinajstić information content (AvgIpc) is 2.41. The van der Waals surface area contributed by atoms with Crippen molar-refractivity contribution in [3.63, 3.8) is 0 Å². The fourth-order valence-electron chi connectivity index (χ4n) is 2.29. The SMILES string of the molecule is COC1(C)CCCN(C(=O)c2cc(F)cnc2Cl)C1. The van der Waals surface area contributed by atoms with Crippen LogP contribution in [-0.2, 0) is 4.74 Å². The maximum absolute atomic E-state index is 13.2. The number of halogens is 2. The van der Waals surface area contributed by atoms with E-state index >= 15 is 0 Å². The van der Waals surface area contributed by atoms with Crippen LogP contribution in [0.1, 0.15) is 30.1 Å². The lowest BCUT2D eigenvalue weighted by Gasteiger charge is -2.39. The van der Waals surface area contributed by atoms with Crippen LogP contribution < -0.4 is 0 Å².